The van der Waals surface area contributed by atoms with Gasteiger partial charge in [0.2, 0.25) is 5.88 Å². The molecule has 1 aliphatic carbocycles. The molecule has 2 aliphatic rings. The van der Waals surface area contributed by atoms with Crippen LogP contribution in [-0.2, 0) is 17.8 Å². The van der Waals surface area contributed by atoms with E-state index in [1.807, 2.05) is 30.3 Å². The maximum atomic E-state index is 14.4. The van der Waals surface area contributed by atoms with Gasteiger partial charge in [-0.15, -0.1) is 0 Å². The number of nitrogens with zero attached hydrogens (tertiary/aromatic N) is 3. The Morgan fingerprint density at radius 2 is 1.71 bits per heavy atom. The minimum atomic E-state index is -0.189. The van der Waals surface area contributed by atoms with Gasteiger partial charge in [-0.3, -0.25) is 14.0 Å². The average Bonchev–Trinajstić information content (AvgIpc) is 3.57. The second-order valence-corrected chi connectivity index (χ2v) is 8.39. The van der Waals surface area contributed by atoms with Crippen molar-refractivity contribution in [3.05, 3.63) is 76.1 Å². The molecule has 0 unspecified atom stereocenters. The Kier molecular flexibility index (Phi) is 5.38. The fraction of sp³-hybridized carbons (Fsp3) is 0.375. The van der Waals surface area contributed by atoms with Crippen LogP contribution in [0.5, 0.6) is 5.88 Å². The SMILES string of the molecule is O=c1n(Cc2ccc(-c3ccc(F)c(CN4CCOCC4)c3)cc2)cc(O)n1C1CC1. The lowest BCUT2D eigenvalue weighted by Gasteiger charge is -2.26. The summed E-state index contributed by atoms with van der Waals surface area (Å²) in [5.74, 6) is -0.158. The third-order valence-corrected chi connectivity index (χ3v) is 6.07. The van der Waals surface area contributed by atoms with Crippen molar-refractivity contribution < 1.29 is 14.2 Å². The molecule has 2 heterocycles. The normalized spacial score (nSPS) is 17.2. The van der Waals surface area contributed by atoms with E-state index >= 15 is 0 Å². The molecule has 6 nitrogen and oxygen atoms in total. The maximum Gasteiger partial charge on any atom is 0.331 e. The predicted molar refractivity (Wildman–Crippen MR) is 116 cm³/mol. The lowest BCUT2D eigenvalue weighted by atomic mass is 10.0. The molecular formula is C24H26FN3O3. The lowest BCUT2D eigenvalue weighted by Crippen LogP contribution is -2.35. The second-order valence-electron chi connectivity index (χ2n) is 8.39. The lowest BCUT2D eigenvalue weighted by molar-refractivity contribution is 0.0337. The summed E-state index contributed by atoms with van der Waals surface area (Å²) in [5, 5.41) is 10.1. The first-order valence-electron chi connectivity index (χ1n) is 10.8. The maximum absolute atomic E-state index is 14.4. The molecule has 162 valence electrons. The van der Waals surface area contributed by atoms with E-state index in [-0.39, 0.29) is 23.4 Å². The van der Waals surface area contributed by atoms with Crippen molar-refractivity contribution in [2.24, 2.45) is 0 Å². The highest BCUT2D eigenvalue weighted by atomic mass is 19.1. The van der Waals surface area contributed by atoms with Gasteiger partial charge < -0.3 is 9.84 Å². The largest absolute Gasteiger partial charge is 0.493 e. The molecule has 0 spiro atoms. The van der Waals surface area contributed by atoms with Gasteiger partial charge in [-0.05, 0) is 41.7 Å². The molecular weight excluding hydrogens is 397 g/mol. The van der Waals surface area contributed by atoms with E-state index in [0.717, 1.165) is 42.6 Å². The molecule has 1 aliphatic heterocycles. The summed E-state index contributed by atoms with van der Waals surface area (Å²) >= 11 is 0. The zero-order valence-electron chi connectivity index (χ0n) is 17.3. The number of ether oxygens (including phenoxy) is 1. The molecule has 31 heavy (non-hydrogen) atoms. The monoisotopic (exact) mass is 423 g/mol. The van der Waals surface area contributed by atoms with Gasteiger partial charge in [-0.25, -0.2) is 9.18 Å². The quantitative estimate of drug-likeness (QED) is 0.661. The van der Waals surface area contributed by atoms with Crippen molar-refractivity contribution in [2.45, 2.75) is 32.0 Å². The fourth-order valence-electron chi connectivity index (χ4n) is 4.16. The van der Waals surface area contributed by atoms with Crippen molar-refractivity contribution in [1.29, 1.82) is 0 Å². The number of benzene rings is 2. The molecule has 1 saturated carbocycles. The Labute approximate surface area is 180 Å². The molecule has 0 amide bonds. The number of halogens is 1. The number of imidazole rings is 1. The minimum absolute atomic E-state index is 0.0308. The molecule has 7 heteroatoms. The summed E-state index contributed by atoms with van der Waals surface area (Å²) in [5.41, 5.74) is 3.44. The van der Waals surface area contributed by atoms with Gasteiger partial charge in [0.25, 0.3) is 0 Å². The number of rotatable bonds is 6. The van der Waals surface area contributed by atoms with Gasteiger partial charge in [0.05, 0.1) is 26.0 Å². The van der Waals surface area contributed by atoms with Crippen LogP contribution in [0.3, 0.4) is 0 Å². The van der Waals surface area contributed by atoms with Crippen molar-refractivity contribution in [3.8, 4) is 17.0 Å². The summed E-state index contributed by atoms with van der Waals surface area (Å²) in [6.45, 7) is 3.98. The smallest absolute Gasteiger partial charge is 0.331 e. The molecule has 5 rings (SSSR count). The first kappa shape index (κ1) is 20.0. The zero-order chi connectivity index (χ0) is 21.4. The molecule has 1 saturated heterocycles. The number of hydrogen-bond acceptors (Lipinski definition) is 4. The van der Waals surface area contributed by atoms with Crippen LogP contribution in [0.15, 0.2) is 53.5 Å². The first-order valence-corrected chi connectivity index (χ1v) is 10.8. The highest BCUT2D eigenvalue weighted by molar-refractivity contribution is 5.64. The van der Waals surface area contributed by atoms with Crippen LogP contribution in [0.1, 0.15) is 30.0 Å². The summed E-state index contributed by atoms with van der Waals surface area (Å²) in [7, 11) is 0. The highest BCUT2D eigenvalue weighted by Crippen LogP contribution is 2.36. The predicted octanol–water partition coefficient (Wildman–Crippen LogP) is 3.38. The number of morpholine rings is 1. The van der Waals surface area contributed by atoms with Crippen molar-refractivity contribution >= 4 is 0 Å². The topological polar surface area (TPSA) is 59.6 Å². The molecule has 1 N–H and O–H groups in total. The summed E-state index contributed by atoms with van der Waals surface area (Å²) in [4.78, 5) is 14.7. The minimum Gasteiger partial charge on any atom is -0.493 e. The fourth-order valence-corrected chi connectivity index (χ4v) is 4.16. The molecule has 0 atom stereocenters. The van der Waals surface area contributed by atoms with Gasteiger partial charge in [-0.1, -0.05) is 30.3 Å². The van der Waals surface area contributed by atoms with Gasteiger partial charge in [0.1, 0.15) is 5.82 Å². The first-order chi connectivity index (χ1) is 15.1. The van der Waals surface area contributed by atoms with Gasteiger partial charge >= 0.3 is 5.69 Å². The van der Waals surface area contributed by atoms with Crippen molar-refractivity contribution in [1.82, 2.24) is 14.0 Å². The second kappa shape index (κ2) is 8.32. The third-order valence-electron chi connectivity index (χ3n) is 6.07. The molecule has 0 bridgehead atoms. The van der Waals surface area contributed by atoms with Crippen molar-refractivity contribution in [2.75, 3.05) is 26.3 Å². The number of aromatic hydroxyl groups is 1. The van der Waals surface area contributed by atoms with E-state index in [2.05, 4.69) is 4.90 Å². The Balaban J connectivity index is 1.32. The van der Waals surface area contributed by atoms with Crippen molar-refractivity contribution in [3.63, 3.8) is 0 Å². The van der Waals surface area contributed by atoms with Crippen LogP contribution in [0, 0.1) is 5.82 Å². The van der Waals surface area contributed by atoms with Gasteiger partial charge in [0, 0.05) is 31.2 Å². The standard InChI is InChI=1S/C24H26FN3O3/c25-22-8-5-19(13-20(22)15-26-9-11-31-12-10-26)18-3-1-17(2-4-18)14-27-16-23(29)28(24(27)30)21-6-7-21/h1-5,8,13,16,21,29H,6-7,9-12,14-15H2. The van der Waals surface area contributed by atoms with E-state index in [0.29, 0.717) is 31.9 Å². The van der Waals surface area contributed by atoms with E-state index in [9.17, 15) is 14.3 Å². The molecule has 3 aromatic rings. The van der Waals surface area contributed by atoms with Crippen LogP contribution in [0.25, 0.3) is 11.1 Å². The van der Waals surface area contributed by atoms with E-state index in [1.54, 1.807) is 10.6 Å². The number of aromatic nitrogens is 2. The van der Waals surface area contributed by atoms with E-state index in [1.165, 1.54) is 16.8 Å². The molecule has 2 fully saturated rings. The number of hydrogen-bond donors (Lipinski definition) is 1. The van der Waals surface area contributed by atoms with Crippen LogP contribution in [0.2, 0.25) is 0 Å². The molecule has 0 radical (unpaired) electrons. The van der Waals surface area contributed by atoms with Crippen LogP contribution in [0.4, 0.5) is 4.39 Å². The Hall–Kier alpha value is -2.90. The Bertz CT molecular complexity index is 1130. The average molecular weight is 423 g/mol. The molecule has 2 aromatic carbocycles. The summed E-state index contributed by atoms with van der Waals surface area (Å²) in [6.07, 6.45) is 3.39. The summed E-state index contributed by atoms with van der Waals surface area (Å²) in [6, 6.07) is 13.3. The summed E-state index contributed by atoms with van der Waals surface area (Å²) < 4.78 is 22.8. The zero-order valence-corrected chi connectivity index (χ0v) is 17.3. The van der Waals surface area contributed by atoms with Crippen LogP contribution < -0.4 is 5.69 Å². The van der Waals surface area contributed by atoms with Crippen LogP contribution >= 0.6 is 0 Å². The third kappa shape index (κ3) is 4.29. The highest BCUT2D eigenvalue weighted by Gasteiger charge is 2.28. The Morgan fingerprint density at radius 1 is 1.00 bits per heavy atom. The van der Waals surface area contributed by atoms with Gasteiger partial charge in [0.15, 0.2) is 0 Å². The Morgan fingerprint density at radius 3 is 2.42 bits per heavy atom. The van der Waals surface area contributed by atoms with Gasteiger partial charge in [-0.2, -0.15) is 0 Å². The van der Waals surface area contributed by atoms with E-state index in [4.69, 9.17) is 4.74 Å². The molecule has 1 aromatic heterocycles. The van der Waals surface area contributed by atoms with E-state index < -0.39 is 0 Å². The van der Waals surface area contributed by atoms with Crippen LogP contribution in [-0.4, -0.2) is 45.4 Å².